The average Bonchev–Trinajstić information content (AvgIpc) is 3.17. The van der Waals surface area contributed by atoms with Crippen molar-refractivity contribution in [2.45, 2.75) is 13.0 Å². The standard InChI is InChI=1S/C22H18FN3O2/c23-18-7-5-15(6-8-18)14-25-21(27)19-13-17(9-11-24-19)22(28)26-12-10-16-3-1-2-4-20(16)26/h1-9,11,13H,10,12,14H2,(H,25,27). The first-order valence-electron chi connectivity index (χ1n) is 9.00. The van der Waals surface area contributed by atoms with Crippen LogP contribution in [-0.2, 0) is 13.0 Å². The van der Waals surface area contributed by atoms with E-state index in [0.717, 1.165) is 23.2 Å². The molecule has 0 saturated heterocycles. The molecule has 5 nitrogen and oxygen atoms in total. The SMILES string of the molecule is O=C(NCc1ccc(F)cc1)c1cc(C(=O)N2CCc3ccccc32)ccn1. The number of nitrogens with zero attached hydrogens (tertiary/aromatic N) is 2. The predicted molar refractivity (Wildman–Crippen MR) is 104 cm³/mol. The fraction of sp³-hybridized carbons (Fsp3) is 0.136. The third-order valence-corrected chi connectivity index (χ3v) is 4.74. The van der Waals surface area contributed by atoms with E-state index in [-0.39, 0.29) is 29.9 Å². The normalized spacial score (nSPS) is 12.5. The number of carbonyl (C=O) groups excluding carboxylic acids is 2. The number of halogens is 1. The topological polar surface area (TPSA) is 62.3 Å². The molecule has 6 heteroatoms. The minimum absolute atomic E-state index is 0.153. The van der Waals surface area contributed by atoms with Gasteiger partial charge >= 0.3 is 0 Å². The number of rotatable bonds is 4. The van der Waals surface area contributed by atoms with E-state index in [1.54, 1.807) is 23.1 Å². The van der Waals surface area contributed by atoms with E-state index in [4.69, 9.17) is 0 Å². The van der Waals surface area contributed by atoms with Crippen LogP contribution in [-0.4, -0.2) is 23.3 Å². The molecule has 0 fully saturated rings. The van der Waals surface area contributed by atoms with Crippen LogP contribution in [0.1, 0.15) is 32.0 Å². The van der Waals surface area contributed by atoms with Gasteiger partial charge in [-0.2, -0.15) is 0 Å². The van der Waals surface area contributed by atoms with Crippen LogP contribution in [0.3, 0.4) is 0 Å². The third kappa shape index (κ3) is 3.62. The summed E-state index contributed by atoms with van der Waals surface area (Å²) >= 11 is 0. The highest BCUT2D eigenvalue weighted by molar-refractivity contribution is 6.08. The minimum Gasteiger partial charge on any atom is -0.347 e. The molecule has 4 rings (SSSR count). The Hall–Kier alpha value is -3.54. The number of aromatic nitrogens is 1. The zero-order chi connectivity index (χ0) is 19.5. The summed E-state index contributed by atoms with van der Waals surface area (Å²) in [5.41, 5.74) is 3.41. The Morgan fingerprint density at radius 3 is 2.68 bits per heavy atom. The number of amides is 2. The lowest BCUT2D eigenvalue weighted by molar-refractivity contribution is 0.0946. The zero-order valence-corrected chi connectivity index (χ0v) is 15.1. The number of anilines is 1. The van der Waals surface area contributed by atoms with Gasteiger partial charge in [0.15, 0.2) is 0 Å². The molecule has 0 unspecified atom stereocenters. The van der Waals surface area contributed by atoms with Gasteiger partial charge < -0.3 is 10.2 Å². The first-order valence-corrected chi connectivity index (χ1v) is 9.00. The molecule has 2 aromatic carbocycles. The number of hydrogen-bond donors (Lipinski definition) is 1. The van der Waals surface area contributed by atoms with Crippen LogP contribution in [0.2, 0.25) is 0 Å². The molecule has 28 heavy (non-hydrogen) atoms. The highest BCUT2D eigenvalue weighted by Crippen LogP contribution is 2.28. The highest BCUT2D eigenvalue weighted by Gasteiger charge is 2.25. The second-order valence-electron chi connectivity index (χ2n) is 6.57. The van der Waals surface area contributed by atoms with Crippen LogP contribution in [0.5, 0.6) is 0 Å². The maximum absolute atomic E-state index is 13.0. The van der Waals surface area contributed by atoms with Crippen molar-refractivity contribution in [1.29, 1.82) is 0 Å². The Kier molecular flexibility index (Phi) is 4.85. The number of fused-ring (bicyclic) bond motifs is 1. The molecule has 0 saturated carbocycles. The summed E-state index contributed by atoms with van der Waals surface area (Å²) in [6.07, 6.45) is 2.28. The zero-order valence-electron chi connectivity index (χ0n) is 15.1. The molecule has 2 heterocycles. The molecular weight excluding hydrogens is 357 g/mol. The predicted octanol–water partition coefficient (Wildman–Crippen LogP) is 3.35. The molecule has 1 N–H and O–H groups in total. The second-order valence-corrected chi connectivity index (χ2v) is 6.57. The Morgan fingerprint density at radius 2 is 1.86 bits per heavy atom. The molecule has 2 amide bonds. The lowest BCUT2D eigenvalue weighted by Gasteiger charge is -2.17. The fourth-order valence-corrected chi connectivity index (χ4v) is 3.27. The number of para-hydroxylation sites is 1. The van der Waals surface area contributed by atoms with Gasteiger partial charge in [-0.15, -0.1) is 0 Å². The lowest BCUT2D eigenvalue weighted by Crippen LogP contribution is -2.29. The van der Waals surface area contributed by atoms with E-state index in [1.165, 1.54) is 24.4 Å². The van der Waals surface area contributed by atoms with Crippen LogP contribution in [0, 0.1) is 5.82 Å². The fourth-order valence-electron chi connectivity index (χ4n) is 3.27. The lowest BCUT2D eigenvalue weighted by atomic mass is 10.1. The number of pyridine rings is 1. The van der Waals surface area contributed by atoms with Gasteiger partial charge in [-0.1, -0.05) is 30.3 Å². The molecule has 3 aromatic rings. The Labute approximate surface area is 161 Å². The van der Waals surface area contributed by atoms with Crippen LogP contribution >= 0.6 is 0 Å². The summed E-state index contributed by atoms with van der Waals surface area (Å²) in [5, 5.41) is 2.74. The molecule has 1 aliphatic rings. The van der Waals surface area contributed by atoms with Gasteiger partial charge in [0.1, 0.15) is 11.5 Å². The van der Waals surface area contributed by atoms with Crippen molar-refractivity contribution in [1.82, 2.24) is 10.3 Å². The van der Waals surface area contributed by atoms with Gasteiger partial charge in [0, 0.05) is 30.5 Å². The summed E-state index contributed by atoms with van der Waals surface area (Å²) in [7, 11) is 0. The molecule has 140 valence electrons. The Morgan fingerprint density at radius 1 is 1.07 bits per heavy atom. The Balaban J connectivity index is 1.47. The third-order valence-electron chi connectivity index (χ3n) is 4.74. The van der Waals surface area contributed by atoms with Gasteiger partial charge in [-0.3, -0.25) is 14.6 Å². The molecule has 1 aliphatic heterocycles. The number of benzene rings is 2. The van der Waals surface area contributed by atoms with Gasteiger partial charge in [0.25, 0.3) is 11.8 Å². The van der Waals surface area contributed by atoms with Crippen molar-refractivity contribution >= 4 is 17.5 Å². The second kappa shape index (κ2) is 7.60. The number of nitrogens with one attached hydrogen (secondary N) is 1. The van der Waals surface area contributed by atoms with Crippen LogP contribution in [0.4, 0.5) is 10.1 Å². The van der Waals surface area contributed by atoms with E-state index in [1.807, 2.05) is 24.3 Å². The molecule has 0 atom stereocenters. The first-order chi connectivity index (χ1) is 13.6. The number of carbonyl (C=O) groups is 2. The summed E-state index contributed by atoms with van der Waals surface area (Å²) in [4.78, 5) is 31.1. The smallest absolute Gasteiger partial charge is 0.270 e. The van der Waals surface area contributed by atoms with E-state index in [2.05, 4.69) is 10.3 Å². The summed E-state index contributed by atoms with van der Waals surface area (Å²) < 4.78 is 13.0. The highest BCUT2D eigenvalue weighted by atomic mass is 19.1. The molecular formula is C22H18FN3O2. The maximum atomic E-state index is 13.0. The van der Waals surface area contributed by atoms with Crippen LogP contribution < -0.4 is 10.2 Å². The van der Waals surface area contributed by atoms with Gasteiger partial charge in [0.2, 0.25) is 0 Å². The van der Waals surface area contributed by atoms with Crippen molar-refractivity contribution < 1.29 is 14.0 Å². The van der Waals surface area contributed by atoms with Crippen LogP contribution in [0.15, 0.2) is 66.9 Å². The summed E-state index contributed by atoms with van der Waals surface area (Å²) in [6.45, 7) is 0.866. The monoisotopic (exact) mass is 375 g/mol. The van der Waals surface area contributed by atoms with E-state index in [0.29, 0.717) is 12.1 Å². The minimum atomic E-state index is -0.388. The van der Waals surface area contributed by atoms with E-state index >= 15 is 0 Å². The molecule has 0 radical (unpaired) electrons. The van der Waals surface area contributed by atoms with Crippen molar-refractivity contribution in [2.75, 3.05) is 11.4 Å². The quantitative estimate of drug-likeness (QED) is 0.761. The van der Waals surface area contributed by atoms with Crippen molar-refractivity contribution in [3.05, 3.63) is 95.1 Å². The average molecular weight is 375 g/mol. The van der Waals surface area contributed by atoms with Crippen molar-refractivity contribution in [3.63, 3.8) is 0 Å². The summed E-state index contributed by atoms with van der Waals surface area (Å²) in [5.74, 6) is -0.868. The van der Waals surface area contributed by atoms with Gasteiger partial charge in [0.05, 0.1) is 0 Å². The summed E-state index contributed by atoms with van der Waals surface area (Å²) in [6, 6.07) is 16.8. The van der Waals surface area contributed by atoms with E-state index < -0.39 is 0 Å². The maximum Gasteiger partial charge on any atom is 0.270 e. The molecule has 0 bridgehead atoms. The van der Waals surface area contributed by atoms with Gasteiger partial charge in [-0.25, -0.2) is 4.39 Å². The van der Waals surface area contributed by atoms with Crippen molar-refractivity contribution in [3.8, 4) is 0 Å². The van der Waals surface area contributed by atoms with Crippen molar-refractivity contribution in [2.24, 2.45) is 0 Å². The van der Waals surface area contributed by atoms with Crippen LogP contribution in [0.25, 0.3) is 0 Å². The molecule has 0 aliphatic carbocycles. The van der Waals surface area contributed by atoms with Gasteiger partial charge in [-0.05, 0) is 47.9 Å². The first kappa shape index (κ1) is 17.9. The number of hydrogen-bond acceptors (Lipinski definition) is 3. The largest absolute Gasteiger partial charge is 0.347 e. The molecule has 0 spiro atoms. The molecule has 1 aromatic heterocycles. The van der Waals surface area contributed by atoms with E-state index in [9.17, 15) is 14.0 Å². The Bertz CT molecular complexity index is 1030.